The van der Waals surface area contributed by atoms with Gasteiger partial charge in [-0.2, -0.15) is 0 Å². The number of nitrogens with zero attached hydrogens (tertiary/aromatic N) is 6. The molecule has 1 saturated carbocycles. The molecule has 0 bridgehead atoms. The maximum atomic E-state index is 12.6. The quantitative estimate of drug-likeness (QED) is 0.164. The molecular formula is C125H164ClFN6O2. The Morgan fingerprint density at radius 3 is 0.993 bits per heavy atom. The van der Waals surface area contributed by atoms with Gasteiger partial charge in [0.2, 0.25) is 0 Å². The van der Waals surface area contributed by atoms with E-state index in [0.717, 1.165) is 46.7 Å². The second-order valence-electron chi connectivity index (χ2n) is 33.9. The van der Waals surface area contributed by atoms with Gasteiger partial charge in [0.05, 0.1) is 7.11 Å². The Bertz CT molecular complexity index is 5090. The Morgan fingerprint density at radius 1 is 0.333 bits per heavy atom. The Labute approximate surface area is 824 Å². The summed E-state index contributed by atoms with van der Waals surface area (Å²) < 4.78 is 17.6. The van der Waals surface area contributed by atoms with E-state index in [1.807, 2.05) is 157 Å². The zero-order valence-corrected chi connectivity index (χ0v) is 87.1. The minimum Gasteiger partial charge on any atom is -0.497 e. The minimum atomic E-state index is -0.116. The van der Waals surface area contributed by atoms with Crippen molar-refractivity contribution in [2.24, 2.45) is 0 Å². The van der Waals surface area contributed by atoms with Crippen molar-refractivity contribution in [2.45, 2.75) is 226 Å². The van der Waals surface area contributed by atoms with Crippen molar-refractivity contribution in [2.75, 3.05) is 35.3 Å². The highest BCUT2D eigenvalue weighted by Gasteiger charge is 2.46. The van der Waals surface area contributed by atoms with Crippen LogP contribution in [0.15, 0.2) is 334 Å². The zero-order valence-electron chi connectivity index (χ0n) is 86.3. The molecule has 8 nitrogen and oxygen atoms in total. The summed E-state index contributed by atoms with van der Waals surface area (Å²) in [5.74, 6) is 0.784. The number of aromatic nitrogens is 4. The first kappa shape index (κ1) is 122. The lowest BCUT2D eigenvalue weighted by Crippen LogP contribution is -2.27. The topological polar surface area (TPSA) is 84.3 Å². The maximum absolute atomic E-state index is 12.6. The van der Waals surface area contributed by atoms with E-state index in [2.05, 4.69) is 359 Å². The molecule has 720 valence electrons. The average Bonchev–Trinajstić information content (AvgIpc) is 1.61. The number of ether oxygens (including phenoxy) is 1. The van der Waals surface area contributed by atoms with Crippen molar-refractivity contribution in [3.63, 3.8) is 0 Å². The lowest BCUT2D eigenvalue weighted by atomic mass is 10.0. The van der Waals surface area contributed by atoms with Gasteiger partial charge in [0.1, 0.15) is 11.6 Å². The number of carbonyl (C=O) groups excluding carboxylic acids is 1. The standard InChI is InChI=1S/C12H17N.C10H12ClNO.2C9H12.C8H9F.C8H11N.C8H10O.4C8H10.2C7H9N.C7H8.C6H7N.2CH4/c1-10-4-6-11(7-5-10)12(8-9-12)13(2)3;1-7-4-5-8(6-9(7)11)10(13)12(2)3;1-7-5-4-6-8(2)9(7)3;1-3-9-7-5-4-6-8(9)2;1-6-4-3-5-8(9)7(6)2;1-3-8-5-4-6-9-7(8)2;1-7-4-3-5-8(6-7)9-2;4*1-7-5-3-4-6-8(7)2;1-6-3-4-8-5-7(6)2;1-6-4-3-5-8-7(6)2;1-7-5-3-2-4-6-7;1-6-3-2-4-7-5-6;;/h4-7H,8-9H2,1-3H3;4-6H,1-3H3;4-6H,1-3H3;4-7H,3H2,1-2H3;3-5H,1-2H3;4-6H,3H2,1-2H3;3-6H,1-2H3;4*3-6H,1-2H3;2*3-5H,1-2H3;2-6H,1H3;2-5H,1H3;2*1H4. The molecule has 0 spiro atoms. The lowest BCUT2D eigenvalue weighted by molar-refractivity contribution is 0.0827. The Kier molecular flexibility index (Phi) is 62.9. The van der Waals surface area contributed by atoms with E-state index in [0.29, 0.717) is 16.1 Å². The van der Waals surface area contributed by atoms with Gasteiger partial charge in [0, 0.05) is 78.8 Å². The molecule has 135 heavy (non-hydrogen) atoms. The molecule has 4 heterocycles. The highest BCUT2D eigenvalue weighted by atomic mass is 35.5. The van der Waals surface area contributed by atoms with Crippen LogP contribution in [0.2, 0.25) is 5.02 Å². The summed E-state index contributed by atoms with van der Waals surface area (Å²) in [6, 6.07) is 99.9. The van der Waals surface area contributed by atoms with Gasteiger partial charge in [-0.05, 0) is 389 Å². The van der Waals surface area contributed by atoms with Crippen LogP contribution in [-0.4, -0.2) is 70.9 Å². The lowest BCUT2D eigenvalue weighted by Gasteiger charge is -2.24. The smallest absolute Gasteiger partial charge is 0.253 e. The van der Waals surface area contributed by atoms with Crippen LogP contribution in [0.1, 0.15) is 202 Å². The number of hydrogen-bond acceptors (Lipinski definition) is 7. The molecule has 0 aliphatic heterocycles. The molecule has 0 atom stereocenters. The second kappa shape index (κ2) is 69.3. The van der Waals surface area contributed by atoms with Gasteiger partial charge < -0.3 is 9.64 Å². The fourth-order valence-electron chi connectivity index (χ4n) is 12.0. The highest BCUT2D eigenvalue weighted by molar-refractivity contribution is 6.31. The molecular weight excluding hydrogens is 1670 g/mol. The number of halogens is 2. The van der Waals surface area contributed by atoms with Crippen molar-refractivity contribution < 1.29 is 13.9 Å². The largest absolute Gasteiger partial charge is 0.497 e. The van der Waals surface area contributed by atoms with Crippen molar-refractivity contribution in [3.8, 4) is 5.75 Å². The van der Waals surface area contributed by atoms with Gasteiger partial charge in [0.15, 0.2) is 0 Å². The summed E-state index contributed by atoms with van der Waals surface area (Å²) in [5, 5.41) is 0.632. The van der Waals surface area contributed by atoms with E-state index >= 15 is 0 Å². The molecule has 1 aliphatic carbocycles. The number of aryl methyl sites for hydroxylation is 24. The number of pyridine rings is 4. The monoisotopic (exact) mass is 1840 g/mol. The minimum absolute atomic E-state index is 0. The normalized spacial score (nSPS) is 10.1. The molecule has 0 saturated heterocycles. The molecule has 4 aromatic heterocycles. The van der Waals surface area contributed by atoms with Crippen LogP contribution >= 0.6 is 11.6 Å². The third-order valence-electron chi connectivity index (χ3n) is 22.8. The predicted molar refractivity (Wildman–Crippen MR) is 588 cm³/mol. The molecule has 0 radical (unpaired) electrons. The first-order chi connectivity index (χ1) is 63.2. The Hall–Kier alpha value is -12.5. The summed E-state index contributed by atoms with van der Waals surface area (Å²) in [7, 11) is 9.46. The molecule has 10 heteroatoms. The number of amides is 1. The first-order valence-corrected chi connectivity index (χ1v) is 46.4. The van der Waals surface area contributed by atoms with E-state index in [-0.39, 0.29) is 26.6 Å². The van der Waals surface area contributed by atoms with E-state index in [1.54, 1.807) is 52.5 Å². The number of rotatable bonds is 6. The maximum Gasteiger partial charge on any atom is 0.253 e. The molecule has 0 N–H and O–H groups in total. The molecule has 1 fully saturated rings. The van der Waals surface area contributed by atoms with Gasteiger partial charge in [0.25, 0.3) is 5.91 Å². The summed E-state index contributed by atoms with van der Waals surface area (Å²) >= 11 is 5.89. The van der Waals surface area contributed by atoms with Crippen LogP contribution in [0, 0.1) is 172 Å². The molecule has 16 rings (SSSR count). The summed E-state index contributed by atoms with van der Waals surface area (Å²) in [4.78, 5) is 31.4. The average molecular weight is 1840 g/mol. The van der Waals surface area contributed by atoms with Gasteiger partial charge in [-0.25, -0.2) is 4.39 Å². The third-order valence-corrected chi connectivity index (χ3v) is 23.2. The first-order valence-electron chi connectivity index (χ1n) is 46.0. The van der Waals surface area contributed by atoms with E-state index in [4.69, 9.17) is 16.3 Å². The third kappa shape index (κ3) is 51.5. The van der Waals surface area contributed by atoms with E-state index < -0.39 is 0 Å². The van der Waals surface area contributed by atoms with Crippen LogP contribution in [0.4, 0.5) is 4.39 Å². The number of benzene rings is 11. The van der Waals surface area contributed by atoms with Gasteiger partial charge in [-0.15, -0.1) is 0 Å². The van der Waals surface area contributed by atoms with Crippen molar-refractivity contribution in [1.82, 2.24) is 29.7 Å². The van der Waals surface area contributed by atoms with E-state index in [1.165, 1.54) is 146 Å². The molecule has 1 amide bonds. The number of carbonyl (C=O) groups is 1. The second-order valence-corrected chi connectivity index (χ2v) is 34.4. The van der Waals surface area contributed by atoms with Crippen molar-refractivity contribution in [3.05, 3.63) is 501 Å². The molecule has 11 aromatic carbocycles. The fourth-order valence-corrected chi connectivity index (χ4v) is 12.1. The van der Waals surface area contributed by atoms with E-state index in [9.17, 15) is 9.18 Å². The van der Waals surface area contributed by atoms with Crippen LogP contribution in [-0.2, 0) is 18.4 Å². The highest BCUT2D eigenvalue weighted by Crippen LogP contribution is 2.49. The molecule has 15 aromatic rings. The van der Waals surface area contributed by atoms with Crippen LogP contribution in [0.5, 0.6) is 5.75 Å². The Morgan fingerprint density at radius 2 is 0.704 bits per heavy atom. The van der Waals surface area contributed by atoms with Crippen LogP contribution < -0.4 is 4.74 Å². The van der Waals surface area contributed by atoms with Crippen LogP contribution in [0.25, 0.3) is 0 Å². The van der Waals surface area contributed by atoms with Gasteiger partial charge in [-0.3, -0.25) is 29.6 Å². The molecule has 1 aliphatic rings. The van der Waals surface area contributed by atoms with Crippen molar-refractivity contribution >= 4 is 17.5 Å². The summed E-state index contributed by atoms with van der Waals surface area (Å²) in [5.41, 5.74) is 35.7. The number of methoxy groups -OCH3 is 1. The predicted octanol–water partition coefficient (Wildman–Crippen LogP) is 33.7. The number of hydrogen-bond donors (Lipinski definition) is 0. The summed E-state index contributed by atoms with van der Waals surface area (Å²) in [6.07, 6.45) is 15.8. The zero-order chi connectivity index (χ0) is 99.4. The SMILES string of the molecule is C.C.CCc1ccccc1C.CCc1cccnc1C.COc1cccc(C)c1.Cc1ccc(C(=O)N(C)C)cc1Cl.Cc1ccc(C2(N(C)C)CC2)cc1.Cc1cccc(C)c1C.Cc1cccc(F)c1C.Cc1ccccc1.Cc1ccccc1C.Cc1ccccc1C.Cc1ccccc1C.Cc1ccccc1C.Cc1cccnc1.Cc1cccnc1C.Cc1ccncc1C. The van der Waals surface area contributed by atoms with Crippen molar-refractivity contribution in [1.29, 1.82) is 0 Å². The van der Waals surface area contributed by atoms with Gasteiger partial charge in [-0.1, -0.05) is 294 Å². The van der Waals surface area contributed by atoms with Gasteiger partial charge >= 0.3 is 0 Å². The fraction of sp³-hybridized carbons (Fsp3) is 0.304. The Balaban J connectivity index is 0.00000143. The van der Waals surface area contributed by atoms with Crippen LogP contribution in [0.3, 0.4) is 0 Å². The summed E-state index contributed by atoms with van der Waals surface area (Å²) in [6.45, 7) is 54.0. The molecule has 0 unspecified atom stereocenters.